The van der Waals surface area contributed by atoms with Crippen LogP contribution in [0.3, 0.4) is 0 Å². The molecular weight excluding hydrogens is 292 g/mol. The second kappa shape index (κ2) is 6.60. The Morgan fingerprint density at radius 2 is 2.30 bits per heavy atom. The molecule has 0 bridgehead atoms. The maximum atomic E-state index is 11.6. The third-order valence-corrected chi connectivity index (χ3v) is 4.19. The number of amides is 1. The molecule has 23 heavy (non-hydrogen) atoms. The minimum Gasteiger partial charge on any atom is -0.372 e. The van der Waals surface area contributed by atoms with Gasteiger partial charge in [-0.2, -0.15) is 5.10 Å². The molecule has 0 aliphatic carbocycles. The third-order valence-electron chi connectivity index (χ3n) is 4.19. The van der Waals surface area contributed by atoms with Gasteiger partial charge in [-0.05, 0) is 31.0 Å². The highest BCUT2D eigenvalue weighted by atomic mass is 16.1. The van der Waals surface area contributed by atoms with E-state index >= 15 is 0 Å². The molecule has 0 saturated carbocycles. The zero-order valence-corrected chi connectivity index (χ0v) is 13.1. The number of hydrogen-bond donors (Lipinski definition) is 1. The van der Waals surface area contributed by atoms with Crippen molar-refractivity contribution in [2.24, 2.45) is 5.73 Å². The monoisotopic (exact) mass is 312 g/mol. The molecule has 0 radical (unpaired) electrons. The smallest absolute Gasteiger partial charge is 0.252 e. The van der Waals surface area contributed by atoms with Gasteiger partial charge in [-0.3, -0.25) is 9.78 Å². The lowest BCUT2D eigenvalue weighted by Crippen LogP contribution is -2.40. The fourth-order valence-corrected chi connectivity index (χ4v) is 3.10. The maximum Gasteiger partial charge on any atom is 0.252 e. The van der Waals surface area contributed by atoms with Gasteiger partial charge in [0.25, 0.3) is 5.91 Å². The Balaban J connectivity index is 1.77. The van der Waals surface area contributed by atoms with Crippen LogP contribution in [0.2, 0.25) is 0 Å². The zero-order valence-electron chi connectivity index (χ0n) is 13.1. The molecule has 0 spiro atoms. The number of carbonyl (C=O) groups is 1. The number of nitrogens with zero attached hydrogens (tertiary/aromatic N) is 5. The van der Waals surface area contributed by atoms with E-state index in [-0.39, 0.29) is 0 Å². The second-order valence-electron chi connectivity index (χ2n) is 5.71. The van der Waals surface area contributed by atoms with Gasteiger partial charge in [0.2, 0.25) is 0 Å². The molecule has 2 N–H and O–H groups in total. The molecular formula is C16H20N6O. The SMILES string of the molecule is CN(CC1CCCN1c1cccnn1)c1ccncc1C(N)=O. The fraction of sp³-hybridized carbons (Fsp3) is 0.375. The first-order valence-corrected chi connectivity index (χ1v) is 7.66. The van der Waals surface area contributed by atoms with Crippen LogP contribution < -0.4 is 15.5 Å². The van der Waals surface area contributed by atoms with Crippen molar-refractivity contribution in [1.29, 1.82) is 0 Å². The highest BCUT2D eigenvalue weighted by molar-refractivity contribution is 5.98. The summed E-state index contributed by atoms with van der Waals surface area (Å²) < 4.78 is 0. The zero-order chi connectivity index (χ0) is 16.2. The quantitative estimate of drug-likeness (QED) is 0.888. The standard InChI is InChI=1S/C16H20N6O/c1-21(14-6-8-18-10-13(14)16(17)23)11-12-4-3-9-22(12)15-5-2-7-19-20-15/h2,5-8,10,12H,3-4,9,11H2,1H3,(H2,17,23). The van der Waals surface area contributed by atoms with E-state index in [1.54, 1.807) is 12.4 Å². The predicted molar refractivity (Wildman–Crippen MR) is 88.4 cm³/mol. The van der Waals surface area contributed by atoms with E-state index in [1.807, 2.05) is 25.2 Å². The molecule has 1 aliphatic heterocycles. The van der Waals surface area contributed by atoms with E-state index in [4.69, 9.17) is 5.73 Å². The van der Waals surface area contributed by atoms with E-state index in [0.717, 1.165) is 37.4 Å². The molecule has 1 atom stereocenters. The minimum atomic E-state index is -0.461. The van der Waals surface area contributed by atoms with Gasteiger partial charge in [0.15, 0.2) is 5.82 Å². The minimum absolute atomic E-state index is 0.325. The van der Waals surface area contributed by atoms with Crippen molar-refractivity contribution in [2.75, 3.05) is 29.9 Å². The topological polar surface area (TPSA) is 88.2 Å². The number of aromatic nitrogens is 3. The molecule has 7 heteroatoms. The van der Waals surface area contributed by atoms with Crippen LogP contribution in [0.25, 0.3) is 0 Å². The number of pyridine rings is 1. The van der Waals surface area contributed by atoms with Crippen LogP contribution in [0.1, 0.15) is 23.2 Å². The predicted octanol–water partition coefficient (Wildman–Crippen LogP) is 1.08. The molecule has 7 nitrogen and oxygen atoms in total. The van der Waals surface area contributed by atoms with Gasteiger partial charge in [-0.15, -0.1) is 5.10 Å². The highest BCUT2D eigenvalue weighted by Crippen LogP contribution is 2.26. The average molecular weight is 312 g/mol. The van der Waals surface area contributed by atoms with Gasteiger partial charge in [0.05, 0.1) is 11.3 Å². The Kier molecular flexibility index (Phi) is 4.36. The van der Waals surface area contributed by atoms with E-state index in [9.17, 15) is 4.79 Å². The number of hydrogen-bond acceptors (Lipinski definition) is 6. The number of nitrogens with two attached hydrogens (primary N) is 1. The Labute approximate surface area is 135 Å². The largest absolute Gasteiger partial charge is 0.372 e. The van der Waals surface area contributed by atoms with Gasteiger partial charge >= 0.3 is 0 Å². The summed E-state index contributed by atoms with van der Waals surface area (Å²) in [5.74, 6) is 0.436. The van der Waals surface area contributed by atoms with Crippen molar-refractivity contribution in [3.05, 3.63) is 42.4 Å². The fourth-order valence-electron chi connectivity index (χ4n) is 3.10. The van der Waals surface area contributed by atoms with Crippen LogP contribution in [0, 0.1) is 0 Å². The maximum absolute atomic E-state index is 11.6. The Morgan fingerprint density at radius 1 is 1.43 bits per heavy atom. The average Bonchev–Trinajstić information content (AvgIpc) is 3.03. The molecule has 2 aromatic heterocycles. The van der Waals surface area contributed by atoms with Crippen LogP contribution in [0.4, 0.5) is 11.5 Å². The Morgan fingerprint density at radius 3 is 3.04 bits per heavy atom. The Hall–Kier alpha value is -2.70. The summed E-state index contributed by atoms with van der Waals surface area (Å²) in [6.45, 7) is 1.75. The molecule has 1 amide bonds. The summed E-state index contributed by atoms with van der Waals surface area (Å²) in [6, 6.07) is 6.02. The number of rotatable bonds is 5. The third kappa shape index (κ3) is 3.23. The van der Waals surface area contributed by atoms with Gasteiger partial charge in [0.1, 0.15) is 0 Å². The van der Waals surface area contributed by atoms with Crippen molar-refractivity contribution in [2.45, 2.75) is 18.9 Å². The number of likely N-dealkylation sites (N-methyl/N-ethyl adjacent to an activating group) is 1. The summed E-state index contributed by atoms with van der Waals surface area (Å²) in [5.41, 5.74) is 6.69. The summed E-state index contributed by atoms with van der Waals surface area (Å²) in [6.07, 6.45) is 7.07. The summed E-state index contributed by atoms with van der Waals surface area (Å²) in [5, 5.41) is 8.17. The first-order valence-electron chi connectivity index (χ1n) is 7.66. The lowest BCUT2D eigenvalue weighted by molar-refractivity contribution is 0.100. The van der Waals surface area contributed by atoms with Crippen molar-refractivity contribution in [3.8, 4) is 0 Å². The molecule has 1 aliphatic rings. The Bertz CT molecular complexity index is 677. The molecule has 3 heterocycles. The van der Waals surface area contributed by atoms with Crippen molar-refractivity contribution >= 4 is 17.4 Å². The normalized spacial score (nSPS) is 17.3. The lowest BCUT2D eigenvalue weighted by Gasteiger charge is -2.30. The molecule has 3 rings (SSSR count). The van der Waals surface area contributed by atoms with Gasteiger partial charge in [0, 0.05) is 44.8 Å². The summed E-state index contributed by atoms with van der Waals surface area (Å²) in [7, 11) is 1.97. The number of primary amides is 1. The number of anilines is 2. The van der Waals surface area contributed by atoms with Gasteiger partial charge in [-0.1, -0.05) is 0 Å². The van der Waals surface area contributed by atoms with E-state index in [0.29, 0.717) is 11.6 Å². The molecule has 1 fully saturated rings. The van der Waals surface area contributed by atoms with Crippen molar-refractivity contribution in [3.63, 3.8) is 0 Å². The van der Waals surface area contributed by atoms with Gasteiger partial charge < -0.3 is 15.5 Å². The van der Waals surface area contributed by atoms with Gasteiger partial charge in [-0.25, -0.2) is 0 Å². The summed E-state index contributed by atoms with van der Waals surface area (Å²) >= 11 is 0. The molecule has 120 valence electrons. The number of carbonyl (C=O) groups excluding carboxylic acids is 1. The van der Waals surface area contributed by atoms with Crippen LogP contribution in [0.15, 0.2) is 36.8 Å². The first kappa shape index (κ1) is 15.2. The second-order valence-corrected chi connectivity index (χ2v) is 5.71. The summed E-state index contributed by atoms with van der Waals surface area (Å²) in [4.78, 5) is 19.9. The first-order chi connectivity index (χ1) is 11.2. The molecule has 1 saturated heterocycles. The highest BCUT2D eigenvalue weighted by Gasteiger charge is 2.27. The lowest BCUT2D eigenvalue weighted by atomic mass is 10.1. The molecule has 1 unspecified atom stereocenters. The van der Waals surface area contributed by atoms with E-state index < -0.39 is 5.91 Å². The van der Waals surface area contributed by atoms with Crippen LogP contribution in [-0.4, -0.2) is 47.3 Å². The molecule has 0 aromatic carbocycles. The van der Waals surface area contributed by atoms with Crippen LogP contribution in [-0.2, 0) is 0 Å². The van der Waals surface area contributed by atoms with Crippen molar-refractivity contribution < 1.29 is 4.79 Å². The van der Waals surface area contributed by atoms with Crippen LogP contribution in [0.5, 0.6) is 0 Å². The molecule has 2 aromatic rings. The van der Waals surface area contributed by atoms with E-state index in [1.165, 1.54) is 6.20 Å². The van der Waals surface area contributed by atoms with Crippen LogP contribution >= 0.6 is 0 Å². The van der Waals surface area contributed by atoms with E-state index in [2.05, 4.69) is 25.0 Å². The van der Waals surface area contributed by atoms with Crippen molar-refractivity contribution in [1.82, 2.24) is 15.2 Å².